The van der Waals surface area contributed by atoms with Gasteiger partial charge in [0, 0.05) is 16.2 Å². The van der Waals surface area contributed by atoms with Crippen molar-refractivity contribution in [3.63, 3.8) is 0 Å². The lowest BCUT2D eigenvalue weighted by molar-refractivity contribution is 0.876. The fourth-order valence-corrected chi connectivity index (χ4v) is 3.49. The highest BCUT2D eigenvalue weighted by molar-refractivity contribution is 9.13. The fourth-order valence-electron chi connectivity index (χ4n) is 1.52. The molecule has 0 aliphatic heterocycles. The second-order valence-electron chi connectivity index (χ2n) is 3.69. The van der Waals surface area contributed by atoms with Gasteiger partial charge in [0.15, 0.2) is 5.82 Å². The highest BCUT2D eigenvalue weighted by Gasteiger charge is 2.11. The number of nitrogens with one attached hydrogen (secondary N) is 1. The minimum absolute atomic E-state index is 0.643. The van der Waals surface area contributed by atoms with Crippen LogP contribution in [0.3, 0.4) is 0 Å². The van der Waals surface area contributed by atoms with E-state index < -0.39 is 0 Å². The van der Waals surface area contributed by atoms with E-state index in [0.29, 0.717) is 11.6 Å². The zero-order valence-electron chi connectivity index (χ0n) is 9.70. The Balaban J connectivity index is 2.45. The molecule has 0 saturated carbocycles. The van der Waals surface area contributed by atoms with Gasteiger partial charge in [-0.25, -0.2) is 15.8 Å². The smallest absolute Gasteiger partial charge is 0.171 e. The van der Waals surface area contributed by atoms with Crippen molar-refractivity contribution in [2.45, 2.75) is 19.8 Å². The molecule has 0 radical (unpaired) electrons. The van der Waals surface area contributed by atoms with E-state index in [2.05, 4.69) is 54.2 Å². The van der Waals surface area contributed by atoms with E-state index >= 15 is 0 Å². The Kier molecular flexibility index (Phi) is 4.71. The van der Waals surface area contributed by atoms with E-state index in [4.69, 9.17) is 5.84 Å². The highest BCUT2D eigenvalue weighted by atomic mass is 79.9. The second-order valence-corrected chi connectivity index (χ2v) is 6.92. The molecule has 2 aromatic heterocycles. The lowest BCUT2D eigenvalue weighted by Crippen LogP contribution is -2.10. The normalized spacial score (nSPS) is 10.7. The van der Waals surface area contributed by atoms with Gasteiger partial charge in [0.2, 0.25) is 0 Å². The molecule has 0 amide bonds. The van der Waals surface area contributed by atoms with E-state index in [1.165, 1.54) is 0 Å². The molecule has 0 aromatic carbocycles. The number of anilines is 1. The summed E-state index contributed by atoms with van der Waals surface area (Å²) in [5.74, 6) is 6.78. The molecular weight excluding hydrogens is 380 g/mol. The third-order valence-corrected chi connectivity index (χ3v) is 5.55. The van der Waals surface area contributed by atoms with Crippen LogP contribution < -0.4 is 11.3 Å². The van der Waals surface area contributed by atoms with Crippen LogP contribution in [0.25, 0.3) is 10.7 Å². The number of nitrogens with zero attached hydrogens (tertiary/aromatic N) is 2. The minimum Gasteiger partial charge on any atom is -0.308 e. The van der Waals surface area contributed by atoms with Crippen molar-refractivity contribution in [2.75, 3.05) is 5.43 Å². The molecule has 3 N–H and O–H groups in total. The molecule has 0 saturated heterocycles. The van der Waals surface area contributed by atoms with Crippen LogP contribution in [-0.4, -0.2) is 9.97 Å². The number of hydrogen-bond donors (Lipinski definition) is 2. The van der Waals surface area contributed by atoms with Crippen LogP contribution in [-0.2, 0) is 6.42 Å². The van der Waals surface area contributed by atoms with E-state index in [1.807, 2.05) is 12.1 Å². The van der Waals surface area contributed by atoms with Crippen molar-refractivity contribution in [1.29, 1.82) is 0 Å². The van der Waals surface area contributed by atoms with Crippen LogP contribution in [0.4, 0.5) is 5.82 Å². The van der Waals surface area contributed by atoms with Gasteiger partial charge in [-0.1, -0.05) is 13.3 Å². The third-order valence-electron chi connectivity index (χ3n) is 2.30. The number of hydrogen-bond acceptors (Lipinski definition) is 5. The molecule has 0 spiro atoms. The average molecular weight is 392 g/mol. The first kappa shape index (κ1) is 13.9. The van der Waals surface area contributed by atoms with Crippen molar-refractivity contribution < 1.29 is 0 Å². The molecule has 0 atom stereocenters. The molecule has 96 valence electrons. The van der Waals surface area contributed by atoms with Crippen LogP contribution in [0, 0.1) is 0 Å². The summed E-state index contributed by atoms with van der Waals surface area (Å²) in [4.78, 5) is 9.94. The Hall–Kier alpha value is -0.500. The van der Waals surface area contributed by atoms with Gasteiger partial charge in [-0.2, -0.15) is 0 Å². The summed E-state index contributed by atoms with van der Waals surface area (Å²) in [5, 5.41) is 0. The zero-order valence-corrected chi connectivity index (χ0v) is 13.7. The maximum Gasteiger partial charge on any atom is 0.171 e. The molecule has 2 aromatic rings. The quantitative estimate of drug-likeness (QED) is 0.611. The summed E-state index contributed by atoms with van der Waals surface area (Å²) >= 11 is 8.53. The van der Waals surface area contributed by atoms with Crippen LogP contribution >= 0.6 is 43.2 Å². The number of thiophene rings is 1. The number of nitrogens with two attached hydrogens (primary N) is 1. The summed E-state index contributed by atoms with van der Waals surface area (Å²) < 4.78 is 2.04. The second kappa shape index (κ2) is 6.10. The highest BCUT2D eigenvalue weighted by Crippen LogP contribution is 2.37. The van der Waals surface area contributed by atoms with Gasteiger partial charge in [0.05, 0.1) is 8.66 Å². The number of nitrogen functional groups attached to an aromatic ring is 1. The van der Waals surface area contributed by atoms with Crippen LogP contribution in [0.2, 0.25) is 0 Å². The predicted molar refractivity (Wildman–Crippen MR) is 82.6 cm³/mol. The summed E-state index contributed by atoms with van der Waals surface area (Å²) in [5.41, 5.74) is 3.58. The van der Waals surface area contributed by atoms with Crippen molar-refractivity contribution in [1.82, 2.24) is 9.97 Å². The number of halogens is 2. The topological polar surface area (TPSA) is 63.8 Å². The maximum absolute atomic E-state index is 5.44. The van der Waals surface area contributed by atoms with Crippen molar-refractivity contribution in [2.24, 2.45) is 5.84 Å². The average Bonchev–Trinajstić information content (AvgIpc) is 2.70. The predicted octanol–water partition coefficient (Wildman–Crippen LogP) is 3.97. The largest absolute Gasteiger partial charge is 0.308 e. The molecule has 0 aliphatic rings. The number of aryl methyl sites for hydroxylation is 1. The van der Waals surface area contributed by atoms with Crippen molar-refractivity contribution >= 4 is 49.0 Å². The minimum atomic E-state index is 0.643. The Labute approximate surface area is 126 Å². The van der Waals surface area contributed by atoms with Crippen LogP contribution in [0.15, 0.2) is 20.4 Å². The Bertz CT molecular complexity index is 536. The van der Waals surface area contributed by atoms with Gasteiger partial charge in [-0.3, -0.25) is 0 Å². The molecule has 0 unspecified atom stereocenters. The first-order valence-corrected chi connectivity index (χ1v) is 7.84. The number of rotatable bonds is 4. The molecule has 0 bridgehead atoms. The van der Waals surface area contributed by atoms with Crippen molar-refractivity contribution in [3.05, 3.63) is 26.1 Å². The molecular formula is C11H12Br2N4S. The summed E-state index contributed by atoms with van der Waals surface area (Å²) in [6, 6.07) is 3.88. The fraction of sp³-hybridized carbons (Fsp3) is 0.273. The SMILES string of the molecule is CCCc1cc(NN)nc(-c2cc(Br)c(Br)s2)n1. The molecule has 18 heavy (non-hydrogen) atoms. The van der Waals surface area contributed by atoms with Gasteiger partial charge in [0.1, 0.15) is 5.82 Å². The van der Waals surface area contributed by atoms with E-state index in [-0.39, 0.29) is 0 Å². The summed E-state index contributed by atoms with van der Waals surface area (Å²) in [7, 11) is 0. The number of hydrazine groups is 1. The standard InChI is InChI=1S/C11H12Br2N4S/c1-2-3-6-4-9(17-14)16-11(15-6)8-5-7(12)10(13)18-8/h4-5H,2-3,14H2,1H3,(H,15,16,17). The van der Waals surface area contributed by atoms with Crippen LogP contribution in [0.1, 0.15) is 19.0 Å². The van der Waals surface area contributed by atoms with Crippen LogP contribution in [0.5, 0.6) is 0 Å². The van der Waals surface area contributed by atoms with E-state index in [1.54, 1.807) is 11.3 Å². The Morgan fingerprint density at radius 1 is 1.33 bits per heavy atom. The molecule has 4 nitrogen and oxygen atoms in total. The third kappa shape index (κ3) is 3.09. The lowest BCUT2D eigenvalue weighted by Gasteiger charge is -2.05. The van der Waals surface area contributed by atoms with Crippen molar-refractivity contribution in [3.8, 4) is 10.7 Å². The van der Waals surface area contributed by atoms with Gasteiger partial charge in [-0.05, 0) is 44.3 Å². The molecule has 7 heteroatoms. The van der Waals surface area contributed by atoms with Gasteiger partial charge >= 0.3 is 0 Å². The Morgan fingerprint density at radius 2 is 2.11 bits per heavy atom. The molecule has 0 aliphatic carbocycles. The molecule has 0 fully saturated rings. The first-order chi connectivity index (χ1) is 8.63. The van der Waals surface area contributed by atoms with E-state index in [0.717, 1.165) is 31.7 Å². The lowest BCUT2D eigenvalue weighted by atomic mass is 10.2. The van der Waals surface area contributed by atoms with E-state index in [9.17, 15) is 0 Å². The summed E-state index contributed by atoms with van der Waals surface area (Å²) in [6.45, 7) is 2.12. The maximum atomic E-state index is 5.44. The van der Waals surface area contributed by atoms with Gasteiger partial charge < -0.3 is 5.43 Å². The molecule has 2 heterocycles. The zero-order chi connectivity index (χ0) is 13.1. The van der Waals surface area contributed by atoms with Gasteiger partial charge in [-0.15, -0.1) is 11.3 Å². The monoisotopic (exact) mass is 390 g/mol. The first-order valence-electron chi connectivity index (χ1n) is 5.43. The summed E-state index contributed by atoms with van der Waals surface area (Å²) in [6.07, 6.45) is 1.95. The Morgan fingerprint density at radius 3 is 2.67 bits per heavy atom. The number of aromatic nitrogens is 2. The molecule has 2 rings (SSSR count). The van der Waals surface area contributed by atoms with Gasteiger partial charge in [0.25, 0.3) is 0 Å².